The molecule has 0 amide bonds. The Morgan fingerprint density at radius 2 is 2.00 bits per heavy atom. The second-order valence-electron chi connectivity index (χ2n) is 7.66. The van der Waals surface area contributed by atoms with Crippen LogP contribution in [0, 0.1) is 5.92 Å². The molecule has 0 saturated heterocycles. The number of aliphatic hydroxyl groups is 2. The first-order valence-electron chi connectivity index (χ1n) is 9.70. The molecule has 1 aliphatic rings. The van der Waals surface area contributed by atoms with Crippen LogP contribution in [-0.2, 0) is 14.3 Å². The van der Waals surface area contributed by atoms with Crippen LogP contribution in [0.4, 0.5) is 0 Å². The Morgan fingerprint density at radius 1 is 1.33 bits per heavy atom. The van der Waals surface area contributed by atoms with Crippen LogP contribution in [0.25, 0.3) is 0 Å². The van der Waals surface area contributed by atoms with Gasteiger partial charge in [0.2, 0.25) is 0 Å². The summed E-state index contributed by atoms with van der Waals surface area (Å²) >= 11 is 0. The van der Waals surface area contributed by atoms with E-state index in [1.54, 1.807) is 6.92 Å². The molecule has 2 N–H and O–H groups in total. The molecule has 5 heteroatoms. The van der Waals surface area contributed by atoms with E-state index in [2.05, 4.69) is 6.58 Å². The summed E-state index contributed by atoms with van der Waals surface area (Å²) in [5, 5.41) is 21.2. The molecule has 0 aromatic rings. The molecule has 1 unspecified atom stereocenters. The van der Waals surface area contributed by atoms with Gasteiger partial charge in [-0.25, -0.2) is 4.79 Å². The molecule has 27 heavy (non-hydrogen) atoms. The van der Waals surface area contributed by atoms with Gasteiger partial charge in [0.1, 0.15) is 5.60 Å². The van der Waals surface area contributed by atoms with Crippen molar-refractivity contribution in [1.29, 1.82) is 0 Å². The van der Waals surface area contributed by atoms with Crippen molar-refractivity contribution in [2.45, 2.75) is 77.9 Å². The molecule has 5 nitrogen and oxygen atoms in total. The first kappa shape index (κ1) is 23.3. The first-order chi connectivity index (χ1) is 12.6. The predicted octanol–water partition coefficient (Wildman–Crippen LogP) is 3.65. The Balaban J connectivity index is 3.10. The highest BCUT2D eigenvalue weighted by atomic mass is 16.5. The van der Waals surface area contributed by atoms with Crippen LogP contribution in [-0.4, -0.2) is 40.3 Å². The zero-order chi connectivity index (χ0) is 20.6. The summed E-state index contributed by atoms with van der Waals surface area (Å²) < 4.78 is 5.04. The first-order valence-corrected chi connectivity index (χ1v) is 9.70. The van der Waals surface area contributed by atoms with Gasteiger partial charge >= 0.3 is 5.97 Å². The SMILES string of the molecule is C=C(C(=O)OCC)C1CC[C@@](C)(O)C(=O)CC/C(C)=C/C/C=C(\C)[C@H](O)C1. The van der Waals surface area contributed by atoms with Crippen molar-refractivity contribution >= 4 is 11.8 Å². The van der Waals surface area contributed by atoms with Gasteiger partial charge in [-0.1, -0.05) is 24.3 Å². The maximum atomic E-state index is 12.4. The number of hydrogen-bond donors (Lipinski definition) is 2. The Bertz CT molecular complexity index is 612. The molecule has 0 aromatic heterocycles. The molecule has 0 aromatic carbocycles. The lowest BCUT2D eigenvalue weighted by Gasteiger charge is -2.27. The number of ketones is 1. The van der Waals surface area contributed by atoms with Gasteiger partial charge in [0.15, 0.2) is 5.78 Å². The van der Waals surface area contributed by atoms with Crippen LogP contribution >= 0.6 is 0 Å². The Hall–Kier alpha value is -1.72. The maximum absolute atomic E-state index is 12.4. The summed E-state index contributed by atoms with van der Waals surface area (Å²) in [5.74, 6) is -1.08. The van der Waals surface area contributed by atoms with E-state index in [1.807, 2.05) is 26.0 Å². The zero-order valence-corrected chi connectivity index (χ0v) is 17.1. The lowest BCUT2D eigenvalue weighted by Crippen LogP contribution is -2.36. The third-order valence-corrected chi connectivity index (χ3v) is 5.30. The summed E-state index contributed by atoms with van der Waals surface area (Å²) in [7, 11) is 0. The Kier molecular flexibility index (Phi) is 9.13. The third-order valence-electron chi connectivity index (χ3n) is 5.30. The van der Waals surface area contributed by atoms with Gasteiger partial charge < -0.3 is 14.9 Å². The van der Waals surface area contributed by atoms with E-state index in [0.29, 0.717) is 25.7 Å². The van der Waals surface area contributed by atoms with Crippen LogP contribution < -0.4 is 0 Å². The van der Waals surface area contributed by atoms with E-state index in [4.69, 9.17) is 4.74 Å². The highest BCUT2D eigenvalue weighted by molar-refractivity contribution is 5.88. The smallest absolute Gasteiger partial charge is 0.333 e. The molecular weight excluding hydrogens is 344 g/mol. The van der Waals surface area contributed by atoms with Crippen molar-refractivity contribution in [3.05, 3.63) is 35.5 Å². The molecule has 0 spiro atoms. The molecule has 0 heterocycles. The second-order valence-corrected chi connectivity index (χ2v) is 7.66. The number of esters is 1. The minimum Gasteiger partial charge on any atom is -0.463 e. The largest absolute Gasteiger partial charge is 0.463 e. The summed E-state index contributed by atoms with van der Waals surface area (Å²) in [5.41, 5.74) is 0.728. The lowest BCUT2D eigenvalue weighted by molar-refractivity contribution is -0.139. The van der Waals surface area contributed by atoms with Gasteiger partial charge in [0.25, 0.3) is 0 Å². The number of allylic oxidation sites excluding steroid dienone is 3. The average Bonchev–Trinajstić information content (AvgIpc) is 2.61. The van der Waals surface area contributed by atoms with Gasteiger partial charge in [-0.3, -0.25) is 4.79 Å². The van der Waals surface area contributed by atoms with Crippen LogP contribution in [0.15, 0.2) is 35.5 Å². The predicted molar refractivity (Wildman–Crippen MR) is 106 cm³/mol. The molecule has 1 rings (SSSR count). The molecule has 1 aliphatic carbocycles. The number of carbonyl (C=O) groups is 2. The van der Waals surface area contributed by atoms with Crippen LogP contribution in [0.2, 0.25) is 0 Å². The number of aliphatic hydroxyl groups excluding tert-OH is 1. The van der Waals surface area contributed by atoms with Crippen LogP contribution in [0.1, 0.15) is 66.2 Å². The minimum atomic E-state index is -1.46. The quantitative estimate of drug-likeness (QED) is 0.445. The van der Waals surface area contributed by atoms with Gasteiger partial charge in [0, 0.05) is 12.0 Å². The standard InChI is InChI=1S/C22H34O5/c1-6-27-21(25)17(4)18-12-13-22(5,26)20(24)11-10-15(2)8-7-9-16(3)19(23)14-18/h8-9,18-19,23,26H,4,6-7,10-14H2,1-3,5H3/b15-8+,16-9+/t18?,19-,22-/m1/s1. The molecule has 0 radical (unpaired) electrons. The fraction of sp³-hybridized carbons (Fsp3) is 0.636. The van der Waals surface area contributed by atoms with Crippen molar-refractivity contribution in [3.63, 3.8) is 0 Å². The number of Topliss-reactive ketones (excluding diaryl/α,β-unsaturated/α-hetero) is 1. The van der Waals surface area contributed by atoms with Crippen molar-refractivity contribution in [3.8, 4) is 0 Å². The Labute approximate surface area is 162 Å². The third kappa shape index (κ3) is 7.43. The highest BCUT2D eigenvalue weighted by Gasteiger charge is 2.32. The summed E-state index contributed by atoms with van der Waals surface area (Å²) in [6.45, 7) is 11.2. The van der Waals surface area contributed by atoms with Crippen LogP contribution in [0.3, 0.4) is 0 Å². The molecule has 152 valence electrons. The average molecular weight is 379 g/mol. The van der Waals surface area contributed by atoms with Crippen LogP contribution in [0.5, 0.6) is 0 Å². The van der Waals surface area contributed by atoms with Gasteiger partial charge in [-0.2, -0.15) is 0 Å². The molecular formula is C22H34O5. The van der Waals surface area contributed by atoms with Crippen molar-refractivity contribution < 1.29 is 24.5 Å². The van der Waals surface area contributed by atoms with Crippen molar-refractivity contribution in [2.24, 2.45) is 5.92 Å². The summed E-state index contributed by atoms with van der Waals surface area (Å²) in [4.78, 5) is 24.5. The highest BCUT2D eigenvalue weighted by Crippen LogP contribution is 2.29. The monoisotopic (exact) mass is 378 g/mol. The van der Waals surface area contributed by atoms with Crippen molar-refractivity contribution in [1.82, 2.24) is 0 Å². The van der Waals surface area contributed by atoms with Gasteiger partial charge in [0.05, 0.1) is 12.7 Å². The molecule has 0 saturated carbocycles. The normalized spacial score (nSPS) is 32.4. The fourth-order valence-corrected chi connectivity index (χ4v) is 3.14. The molecule has 0 fully saturated rings. The molecule has 3 atom stereocenters. The van der Waals surface area contributed by atoms with E-state index in [1.165, 1.54) is 6.92 Å². The topological polar surface area (TPSA) is 83.8 Å². The number of hydrogen-bond acceptors (Lipinski definition) is 5. The van der Waals surface area contributed by atoms with Crippen molar-refractivity contribution in [2.75, 3.05) is 6.61 Å². The maximum Gasteiger partial charge on any atom is 0.333 e. The molecule has 0 aliphatic heterocycles. The fourth-order valence-electron chi connectivity index (χ4n) is 3.14. The minimum absolute atomic E-state index is 0.202. The lowest BCUT2D eigenvalue weighted by atomic mass is 9.82. The zero-order valence-electron chi connectivity index (χ0n) is 17.1. The molecule has 0 bridgehead atoms. The Morgan fingerprint density at radius 3 is 2.63 bits per heavy atom. The van der Waals surface area contributed by atoms with E-state index in [-0.39, 0.29) is 36.7 Å². The van der Waals surface area contributed by atoms with E-state index in [0.717, 1.165) is 11.1 Å². The van der Waals surface area contributed by atoms with Gasteiger partial charge in [-0.05, 0) is 71.3 Å². The summed E-state index contributed by atoms with van der Waals surface area (Å²) in [6.07, 6.45) is 5.69. The van der Waals surface area contributed by atoms with Gasteiger partial charge in [-0.15, -0.1) is 0 Å². The second kappa shape index (κ2) is 10.6. The van der Waals surface area contributed by atoms with E-state index >= 15 is 0 Å². The number of carbonyl (C=O) groups excluding carboxylic acids is 2. The summed E-state index contributed by atoms with van der Waals surface area (Å²) in [6, 6.07) is 0. The number of rotatable bonds is 3. The van der Waals surface area contributed by atoms with E-state index in [9.17, 15) is 19.8 Å². The van der Waals surface area contributed by atoms with E-state index < -0.39 is 17.7 Å². The number of ether oxygens (including phenoxy) is 1.